The van der Waals surface area contributed by atoms with Crippen LogP contribution in [0.3, 0.4) is 0 Å². The van der Waals surface area contributed by atoms with Gasteiger partial charge in [0.2, 0.25) is 0 Å². The molecular weight excluding hydrogens is 587 g/mol. The van der Waals surface area contributed by atoms with Crippen LogP contribution in [-0.2, 0) is 32.9 Å². The summed E-state index contributed by atoms with van der Waals surface area (Å²) in [4.78, 5) is 52.7. The monoisotopic (exact) mass is 646 g/mol. The number of rotatable bonds is 31. The third-order valence-electron chi connectivity index (χ3n) is 7.09. The van der Waals surface area contributed by atoms with E-state index >= 15 is 0 Å². The zero-order valence-electron chi connectivity index (χ0n) is 27.0. The van der Waals surface area contributed by atoms with Gasteiger partial charge < -0.3 is 24.4 Å². The van der Waals surface area contributed by atoms with Gasteiger partial charge >= 0.3 is 19.8 Å². The Morgan fingerprint density at radius 2 is 1.25 bits per heavy atom. The van der Waals surface area contributed by atoms with Crippen LogP contribution in [0, 0.1) is 0 Å². The van der Waals surface area contributed by atoms with Crippen LogP contribution in [0.1, 0.15) is 142 Å². The van der Waals surface area contributed by atoms with Gasteiger partial charge in [-0.3, -0.25) is 18.9 Å². The van der Waals surface area contributed by atoms with Crippen LogP contribution >= 0.6 is 7.82 Å². The minimum Gasteiger partial charge on any atom is -0.462 e. The summed E-state index contributed by atoms with van der Waals surface area (Å²) in [6.07, 6.45) is 25.9. The topological polar surface area (TPSA) is 157 Å². The van der Waals surface area contributed by atoms with Crippen molar-refractivity contribution in [2.24, 2.45) is 0 Å². The van der Waals surface area contributed by atoms with Crippen LogP contribution in [0.5, 0.6) is 0 Å². The molecule has 0 aromatic carbocycles. The Morgan fingerprint density at radius 1 is 0.727 bits per heavy atom. The molecule has 0 bridgehead atoms. The molecule has 0 aliphatic carbocycles. The van der Waals surface area contributed by atoms with E-state index in [4.69, 9.17) is 19.3 Å². The SMILES string of the molecule is CCCCCCCC/C=C\CCCCCCCC(=O)OC[C@H](COP(=O)(O)O)OC(=O)CCCCCCCC(O)/C=C/C=O. The Kier molecular flexibility index (Phi) is 28.6. The molecule has 0 saturated carbocycles. The van der Waals surface area contributed by atoms with Gasteiger partial charge in [-0.15, -0.1) is 0 Å². The van der Waals surface area contributed by atoms with Gasteiger partial charge in [0.25, 0.3) is 0 Å². The van der Waals surface area contributed by atoms with Crippen molar-refractivity contribution in [2.45, 2.75) is 154 Å². The Bertz CT molecular complexity index is 823. The first-order valence-electron chi connectivity index (χ1n) is 16.7. The summed E-state index contributed by atoms with van der Waals surface area (Å²) >= 11 is 0. The number of aliphatic hydroxyl groups excluding tert-OH is 1. The highest BCUT2D eigenvalue weighted by Crippen LogP contribution is 2.35. The molecule has 0 saturated heterocycles. The van der Waals surface area contributed by atoms with E-state index in [1.807, 2.05) is 0 Å². The average Bonchev–Trinajstić information content (AvgIpc) is 2.98. The van der Waals surface area contributed by atoms with Crippen molar-refractivity contribution in [1.29, 1.82) is 0 Å². The highest BCUT2D eigenvalue weighted by Gasteiger charge is 2.22. The fourth-order valence-electron chi connectivity index (χ4n) is 4.56. The number of aliphatic hydroxyl groups is 1. The van der Waals surface area contributed by atoms with Crippen molar-refractivity contribution in [3.63, 3.8) is 0 Å². The molecule has 0 rings (SSSR count). The molecule has 2 atom stereocenters. The van der Waals surface area contributed by atoms with Crippen LogP contribution in [-0.4, -0.2) is 58.5 Å². The Labute approximate surface area is 265 Å². The first-order chi connectivity index (χ1) is 21.2. The number of allylic oxidation sites excluding steroid dienone is 3. The zero-order chi connectivity index (χ0) is 32.7. The number of hydrogen-bond acceptors (Lipinski definition) is 8. The van der Waals surface area contributed by atoms with Crippen molar-refractivity contribution in [1.82, 2.24) is 0 Å². The summed E-state index contributed by atoms with van der Waals surface area (Å²) in [6, 6.07) is 0. The van der Waals surface area contributed by atoms with E-state index in [0.29, 0.717) is 25.5 Å². The van der Waals surface area contributed by atoms with E-state index in [-0.39, 0.29) is 19.4 Å². The Morgan fingerprint density at radius 3 is 1.82 bits per heavy atom. The first-order valence-corrected chi connectivity index (χ1v) is 18.2. The second-order valence-electron chi connectivity index (χ2n) is 11.3. The number of ether oxygens (including phenoxy) is 2. The predicted octanol–water partition coefficient (Wildman–Crippen LogP) is 7.43. The number of phosphoric acid groups is 1. The summed E-state index contributed by atoms with van der Waals surface area (Å²) in [5, 5.41) is 9.65. The van der Waals surface area contributed by atoms with Crippen LogP contribution in [0.25, 0.3) is 0 Å². The standard InChI is InChI=1S/C33H59O10P/c1-2-3-4-5-6-7-8-9-10-11-12-13-14-17-20-25-32(36)41-28-31(29-42-44(38,39)40)43-33(37)26-21-18-15-16-19-23-30(35)24-22-27-34/h9-10,22,24,27,30-31,35H,2-8,11-21,23,25-26,28-29H2,1H3,(H2,38,39,40)/b10-9-,24-22+/t30?,31-/m1/s1. The average molecular weight is 647 g/mol. The molecule has 0 heterocycles. The number of aldehydes is 1. The van der Waals surface area contributed by atoms with Crippen molar-refractivity contribution in [2.75, 3.05) is 13.2 Å². The molecule has 10 nitrogen and oxygen atoms in total. The van der Waals surface area contributed by atoms with Gasteiger partial charge in [0.05, 0.1) is 12.7 Å². The van der Waals surface area contributed by atoms with Crippen LogP contribution in [0.15, 0.2) is 24.3 Å². The molecule has 256 valence electrons. The Hall–Kier alpha value is -1.84. The van der Waals surface area contributed by atoms with E-state index in [9.17, 15) is 24.1 Å². The number of phosphoric ester groups is 1. The third kappa shape index (κ3) is 31.6. The van der Waals surface area contributed by atoms with E-state index in [1.54, 1.807) is 0 Å². The second kappa shape index (κ2) is 29.8. The smallest absolute Gasteiger partial charge is 0.462 e. The summed E-state index contributed by atoms with van der Waals surface area (Å²) in [5.74, 6) is -1.02. The second-order valence-corrected chi connectivity index (χ2v) is 12.5. The van der Waals surface area contributed by atoms with Crippen LogP contribution in [0.4, 0.5) is 0 Å². The zero-order valence-corrected chi connectivity index (χ0v) is 27.8. The quantitative estimate of drug-likeness (QED) is 0.0173. The molecule has 0 aliphatic heterocycles. The number of carbonyl (C=O) groups is 3. The molecule has 1 unspecified atom stereocenters. The van der Waals surface area contributed by atoms with Gasteiger partial charge in [-0.05, 0) is 51.0 Å². The summed E-state index contributed by atoms with van der Waals surface area (Å²) < 4.78 is 26.0. The van der Waals surface area contributed by atoms with E-state index in [1.165, 1.54) is 50.7 Å². The van der Waals surface area contributed by atoms with Crippen molar-refractivity contribution < 1.29 is 47.8 Å². The molecule has 0 aromatic rings. The summed E-state index contributed by atoms with van der Waals surface area (Å²) in [7, 11) is -4.78. The third-order valence-corrected chi connectivity index (χ3v) is 7.58. The normalized spacial score (nSPS) is 13.4. The van der Waals surface area contributed by atoms with Gasteiger partial charge in [0.1, 0.15) is 12.9 Å². The Balaban J connectivity index is 4.04. The minimum atomic E-state index is -4.78. The number of carbonyl (C=O) groups excluding carboxylic acids is 3. The van der Waals surface area contributed by atoms with E-state index in [0.717, 1.165) is 64.2 Å². The lowest BCUT2D eigenvalue weighted by molar-refractivity contribution is -0.161. The van der Waals surface area contributed by atoms with Crippen LogP contribution < -0.4 is 0 Å². The van der Waals surface area contributed by atoms with Crippen LogP contribution in [0.2, 0.25) is 0 Å². The first kappa shape index (κ1) is 42.2. The number of esters is 2. The molecular formula is C33H59O10P. The maximum atomic E-state index is 12.2. The van der Waals surface area contributed by atoms with E-state index in [2.05, 4.69) is 23.6 Å². The maximum Gasteiger partial charge on any atom is 0.469 e. The lowest BCUT2D eigenvalue weighted by atomic mass is 10.1. The lowest BCUT2D eigenvalue weighted by Gasteiger charge is -2.18. The summed E-state index contributed by atoms with van der Waals surface area (Å²) in [5.41, 5.74) is 0. The van der Waals surface area contributed by atoms with Crippen molar-refractivity contribution >= 4 is 26.0 Å². The van der Waals surface area contributed by atoms with Gasteiger partial charge in [0.15, 0.2) is 6.10 Å². The van der Waals surface area contributed by atoms with E-state index < -0.39 is 38.6 Å². The van der Waals surface area contributed by atoms with Gasteiger partial charge in [-0.25, -0.2) is 4.57 Å². The fraction of sp³-hybridized carbons (Fsp3) is 0.788. The largest absolute Gasteiger partial charge is 0.469 e. The highest BCUT2D eigenvalue weighted by atomic mass is 31.2. The molecule has 0 aliphatic rings. The highest BCUT2D eigenvalue weighted by molar-refractivity contribution is 7.46. The summed E-state index contributed by atoms with van der Waals surface area (Å²) in [6.45, 7) is 1.31. The molecule has 44 heavy (non-hydrogen) atoms. The maximum absolute atomic E-state index is 12.2. The lowest BCUT2D eigenvalue weighted by Crippen LogP contribution is -2.29. The van der Waals surface area contributed by atoms with Gasteiger partial charge in [0, 0.05) is 12.8 Å². The molecule has 0 spiro atoms. The van der Waals surface area contributed by atoms with Gasteiger partial charge in [-0.2, -0.15) is 0 Å². The molecule has 11 heteroatoms. The predicted molar refractivity (Wildman–Crippen MR) is 172 cm³/mol. The minimum absolute atomic E-state index is 0.111. The van der Waals surface area contributed by atoms with Crippen molar-refractivity contribution in [3.05, 3.63) is 24.3 Å². The number of hydrogen-bond donors (Lipinski definition) is 3. The molecule has 0 fully saturated rings. The molecule has 0 amide bonds. The van der Waals surface area contributed by atoms with Gasteiger partial charge in [-0.1, -0.05) is 102 Å². The van der Waals surface area contributed by atoms with Crippen molar-refractivity contribution in [3.8, 4) is 0 Å². The number of unbranched alkanes of at least 4 members (excludes halogenated alkanes) is 15. The molecule has 0 aromatic heterocycles. The molecule has 3 N–H and O–H groups in total. The molecule has 0 radical (unpaired) electrons. The fourth-order valence-corrected chi connectivity index (χ4v) is 4.92.